The first-order chi connectivity index (χ1) is 13.6. The lowest BCUT2D eigenvalue weighted by molar-refractivity contribution is 0.195. The van der Waals surface area contributed by atoms with Crippen LogP contribution >= 0.6 is 23.2 Å². The summed E-state index contributed by atoms with van der Waals surface area (Å²) in [5.41, 5.74) is 1.03. The Morgan fingerprint density at radius 3 is 2.50 bits per heavy atom. The van der Waals surface area contributed by atoms with Crippen LogP contribution in [0.1, 0.15) is 19.3 Å². The lowest BCUT2D eigenvalue weighted by Crippen LogP contribution is -2.47. The monoisotopic (exact) mass is 423 g/mol. The third-order valence-corrected chi connectivity index (χ3v) is 6.50. The van der Waals surface area contributed by atoms with Gasteiger partial charge in [0, 0.05) is 32.2 Å². The summed E-state index contributed by atoms with van der Waals surface area (Å²) < 4.78 is 12.8. The van der Waals surface area contributed by atoms with E-state index < -0.39 is 5.82 Å². The van der Waals surface area contributed by atoms with Crippen LogP contribution in [0.5, 0.6) is 0 Å². The molecule has 0 amide bonds. The topological polar surface area (TPSA) is 44.3 Å². The summed E-state index contributed by atoms with van der Waals surface area (Å²) in [6.45, 7) is 5.15. The minimum Gasteiger partial charge on any atom is -0.368 e. The molecule has 8 heteroatoms. The fourth-order valence-corrected chi connectivity index (χ4v) is 4.39. The highest BCUT2D eigenvalue weighted by atomic mass is 35.5. The van der Waals surface area contributed by atoms with E-state index in [9.17, 15) is 4.39 Å². The summed E-state index contributed by atoms with van der Waals surface area (Å²) in [6.07, 6.45) is 5.85. The normalized spacial score (nSPS) is 22.8. The van der Waals surface area contributed by atoms with E-state index in [2.05, 4.69) is 25.1 Å². The van der Waals surface area contributed by atoms with Gasteiger partial charge in [0.15, 0.2) is 5.82 Å². The number of benzene rings is 1. The summed E-state index contributed by atoms with van der Waals surface area (Å²) in [4.78, 5) is 12.8. The molecule has 1 aliphatic heterocycles. The molecule has 1 aliphatic carbocycles. The molecule has 1 aromatic carbocycles. The molecule has 2 aliphatic rings. The van der Waals surface area contributed by atoms with Crippen molar-refractivity contribution < 1.29 is 4.39 Å². The highest BCUT2D eigenvalue weighted by Gasteiger charge is 2.30. The molecule has 0 spiro atoms. The number of hydrogen-bond donors (Lipinski definition) is 1. The van der Waals surface area contributed by atoms with Crippen LogP contribution in [0.4, 0.5) is 16.0 Å². The summed E-state index contributed by atoms with van der Waals surface area (Å²) in [5.74, 6) is 0.841. The average Bonchev–Trinajstić information content (AvgIpc) is 2.68. The predicted octanol–water partition coefficient (Wildman–Crippen LogP) is 4.33. The smallest absolute Gasteiger partial charge is 0.222 e. The largest absolute Gasteiger partial charge is 0.368 e. The van der Waals surface area contributed by atoms with Gasteiger partial charge in [0.05, 0.1) is 28.1 Å². The molecule has 2 aromatic rings. The summed E-state index contributed by atoms with van der Waals surface area (Å²) in [5, 5.41) is 4.54. The number of aromatic nitrogens is 2. The first kappa shape index (κ1) is 19.7. The van der Waals surface area contributed by atoms with Crippen LogP contribution in [0, 0.1) is 11.7 Å². The minimum absolute atomic E-state index is 0.400. The van der Waals surface area contributed by atoms with Crippen LogP contribution in [-0.2, 0) is 0 Å². The van der Waals surface area contributed by atoms with E-state index in [4.69, 9.17) is 23.2 Å². The van der Waals surface area contributed by atoms with Crippen molar-refractivity contribution in [1.82, 2.24) is 14.9 Å². The average molecular weight is 424 g/mol. The molecule has 5 nitrogen and oxygen atoms in total. The molecule has 1 N–H and O–H groups in total. The maximum Gasteiger partial charge on any atom is 0.222 e. The molecular weight excluding hydrogens is 400 g/mol. The van der Waals surface area contributed by atoms with Crippen molar-refractivity contribution in [3.05, 3.63) is 46.5 Å². The van der Waals surface area contributed by atoms with E-state index in [1.807, 2.05) is 18.2 Å². The highest BCUT2D eigenvalue weighted by molar-refractivity contribution is 6.43. The minimum atomic E-state index is -0.408. The first-order valence-electron chi connectivity index (χ1n) is 9.74. The van der Waals surface area contributed by atoms with Gasteiger partial charge in [0.25, 0.3) is 0 Å². The van der Waals surface area contributed by atoms with Gasteiger partial charge in [-0.05, 0) is 43.9 Å². The zero-order chi connectivity index (χ0) is 19.5. The van der Waals surface area contributed by atoms with Crippen LogP contribution < -0.4 is 10.2 Å². The maximum absolute atomic E-state index is 12.8. The molecule has 1 saturated carbocycles. The van der Waals surface area contributed by atoms with Crippen LogP contribution in [0.3, 0.4) is 0 Å². The molecule has 28 heavy (non-hydrogen) atoms. The van der Waals surface area contributed by atoms with Crippen LogP contribution in [0.15, 0.2) is 30.6 Å². The van der Waals surface area contributed by atoms with Gasteiger partial charge in [0.1, 0.15) is 0 Å². The Hall–Kier alpha value is -1.63. The summed E-state index contributed by atoms with van der Waals surface area (Å²) >= 11 is 12.5. The van der Waals surface area contributed by atoms with Crippen molar-refractivity contribution in [2.24, 2.45) is 5.92 Å². The Morgan fingerprint density at radius 2 is 1.79 bits per heavy atom. The molecule has 4 rings (SSSR count). The molecular formula is C20H24Cl2FN5. The standard InChI is InChI=1S/C20H24Cl2FN5/c21-17-2-1-3-18(19(17)22)28-8-6-27(7-9-28)5-4-14-10-16(11-14)26-20-24-12-15(23)13-25-20/h1-3,12-14,16H,4-11H2,(H,24,25,26)/t14-,16-. The second-order valence-electron chi connectivity index (χ2n) is 7.59. The molecule has 2 heterocycles. The van der Waals surface area contributed by atoms with Gasteiger partial charge in [-0.25, -0.2) is 14.4 Å². The third-order valence-electron chi connectivity index (χ3n) is 5.69. The summed E-state index contributed by atoms with van der Waals surface area (Å²) in [7, 11) is 0. The first-order valence-corrected chi connectivity index (χ1v) is 10.5. The van der Waals surface area contributed by atoms with Gasteiger partial charge >= 0.3 is 0 Å². The Kier molecular flexibility index (Phi) is 6.19. The molecule has 0 bridgehead atoms. The number of nitrogens with zero attached hydrogens (tertiary/aromatic N) is 4. The molecule has 150 valence electrons. The van der Waals surface area contributed by atoms with E-state index in [1.54, 1.807) is 0 Å². The van der Waals surface area contributed by atoms with E-state index in [1.165, 1.54) is 18.8 Å². The maximum atomic E-state index is 12.8. The SMILES string of the molecule is Fc1cnc(N[C@H]2C[C@H](CCN3CCN(c4cccc(Cl)c4Cl)CC3)C2)nc1. The number of anilines is 2. The fraction of sp³-hybridized carbons (Fsp3) is 0.500. The van der Waals surface area contributed by atoms with Gasteiger partial charge < -0.3 is 10.2 Å². The van der Waals surface area contributed by atoms with Gasteiger partial charge in [-0.3, -0.25) is 4.90 Å². The van der Waals surface area contributed by atoms with E-state index in [0.717, 1.165) is 57.2 Å². The fourth-order valence-electron chi connectivity index (χ4n) is 3.97. The van der Waals surface area contributed by atoms with Gasteiger partial charge in [-0.2, -0.15) is 0 Å². The van der Waals surface area contributed by atoms with Crippen molar-refractivity contribution in [1.29, 1.82) is 0 Å². The van der Waals surface area contributed by atoms with Crippen LogP contribution in [-0.4, -0.2) is 53.6 Å². The van der Waals surface area contributed by atoms with Crippen molar-refractivity contribution in [3.8, 4) is 0 Å². The number of piperazine rings is 1. The lowest BCUT2D eigenvalue weighted by Gasteiger charge is -2.39. The van der Waals surface area contributed by atoms with Gasteiger partial charge in [-0.15, -0.1) is 0 Å². The van der Waals surface area contributed by atoms with E-state index in [0.29, 0.717) is 22.0 Å². The molecule has 1 aromatic heterocycles. The highest BCUT2D eigenvalue weighted by Crippen LogP contribution is 2.34. The Morgan fingerprint density at radius 1 is 1.07 bits per heavy atom. The lowest BCUT2D eigenvalue weighted by atomic mass is 9.78. The van der Waals surface area contributed by atoms with Gasteiger partial charge in [-0.1, -0.05) is 29.3 Å². The number of halogens is 3. The summed E-state index contributed by atoms with van der Waals surface area (Å²) in [6, 6.07) is 6.22. The third kappa shape index (κ3) is 4.67. The molecule has 2 fully saturated rings. The van der Waals surface area contributed by atoms with Crippen molar-refractivity contribution in [2.45, 2.75) is 25.3 Å². The molecule has 0 unspecified atom stereocenters. The van der Waals surface area contributed by atoms with Crippen LogP contribution in [0.2, 0.25) is 10.0 Å². The second kappa shape index (κ2) is 8.80. The molecule has 0 radical (unpaired) electrons. The quantitative estimate of drug-likeness (QED) is 0.748. The van der Waals surface area contributed by atoms with Crippen LogP contribution in [0.25, 0.3) is 0 Å². The molecule has 1 saturated heterocycles. The zero-order valence-electron chi connectivity index (χ0n) is 15.6. The van der Waals surface area contributed by atoms with Crippen molar-refractivity contribution >= 4 is 34.8 Å². The number of nitrogens with one attached hydrogen (secondary N) is 1. The number of rotatable bonds is 6. The Labute approximate surface area is 174 Å². The molecule has 0 atom stereocenters. The van der Waals surface area contributed by atoms with Crippen molar-refractivity contribution in [2.75, 3.05) is 42.9 Å². The van der Waals surface area contributed by atoms with E-state index >= 15 is 0 Å². The van der Waals surface area contributed by atoms with E-state index in [-0.39, 0.29) is 0 Å². The Balaban J connectivity index is 1.16. The van der Waals surface area contributed by atoms with Gasteiger partial charge in [0.2, 0.25) is 5.95 Å². The predicted molar refractivity (Wildman–Crippen MR) is 112 cm³/mol. The zero-order valence-corrected chi connectivity index (χ0v) is 17.1. The van der Waals surface area contributed by atoms with Crippen molar-refractivity contribution in [3.63, 3.8) is 0 Å². The number of hydrogen-bond acceptors (Lipinski definition) is 5. The second-order valence-corrected chi connectivity index (χ2v) is 8.38. The Bertz CT molecular complexity index is 790.